The van der Waals surface area contributed by atoms with Crippen molar-refractivity contribution in [2.24, 2.45) is 5.92 Å². The van der Waals surface area contributed by atoms with Crippen LogP contribution in [-0.2, 0) is 14.3 Å². The Labute approximate surface area is 227 Å². The Morgan fingerprint density at radius 1 is 1.21 bits per heavy atom. The molecule has 11 nitrogen and oxygen atoms in total. The molecule has 1 aromatic carbocycles. The van der Waals surface area contributed by atoms with Crippen molar-refractivity contribution in [2.45, 2.75) is 81.1 Å². The summed E-state index contributed by atoms with van der Waals surface area (Å²) < 4.78 is 11.2. The normalized spacial score (nSPS) is 31.5. The number of carbonyl (C=O) groups is 2. The number of esters is 1. The molecule has 2 heterocycles. The van der Waals surface area contributed by atoms with Crippen LogP contribution in [0.2, 0.25) is 0 Å². The molecule has 1 amide bonds. The van der Waals surface area contributed by atoms with Gasteiger partial charge in [0.25, 0.3) is 0 Å². The minimum Gasteiger partial charge on any atom is -0.461 e. The van der Waals surface area contributed by atoms with Crippen molar-refractivity contribution in [1.29, 1.82) is 0 Å². The van der Waals surface area contributed by atoms with Gasteiger partial charge in [0.2, 0.25) is 5.91 Å². The van der Waals surface area contributed by atoms with Gasteiger partial charge in [0.05, 0.1) is 23.8 Å². The summed E-state index contributed by atoms with van der Waals surface area (Å²) in [5.74, 6) is -0.171. The summed E-state index contributed by atoms with van der Waals surface area (Å²) in [6, 6.07) is 4.90. The van der Waals surface area contributed by atoms with E-state index in [0.717, 1.165) is 31.1 Å². The Balaban J connectivity index is 1.58. The number of hydrogen-bond acceptors (Lipinski definition) is 11. The molecule has 0 aromatic heterocycles. The maximum absolute atomic E-state index is 13.1. The lowest BCUT2D eigenvalue weighted by atomic mass is 9.92. The molecule has 2 aliphatic rings. The molecule has 7 N–H and O–H groups in total. The Morgan fingerprint density at radius 3 is 2.53 bits per heavy atom. The SMILES string of the molecule is CCC[C@@H]1C[C@@H](C(=O)N[C@@H]([C@H]2O[C@H](SCCOC(=O)c3ccc(N)cc3)[C@H](O)[C@@H](O)[C@H]2O)[C@@H](C)O)N(C)C1. The Hall–Kier alpha value is -1.93. The number of ether oxygens (including phenoxy) is 2. The Kier molecular flexibility index (Phi) is 11.2. The van der Waals surface area contributed by atoms with Crippen molar-refractivity contribution < 1.29 is 39.5 Å². The monoisotopic (exact) mass is 555 g/mol. The first-order valence-electron chi connectivity index (χ1n) is 13.1. The van der Waals surface area contributed by atoms with E-state index in [9.17, 15) is 30.0 Å². The number of likely N-dealkylation sites (N-methyl/N-ethyl adjacent to an activating group) is 1. The number of nitrogen functional groups attached to an aromatic ring is 1. The lowest BCUT2D eigenvalue weighted by molar-refractivity contribution is -0.211. The summed E-state index contributed by atoms with van der Waals surface area (Å²) in [5.41, 5.74) is 5.51. The summed E-state index contributed by atoms with van der Waals surface area (Å²) in [6.07, 6.45) is -4.06. The van der Waals surface area contributed by atoms with Crippen molar-refractivity contribution in [1.82, 2.24) is 10.2 Å². The van der Waals surface area contributed by atoms with E-state index in [-0.39, 0.29) is 24.3 Å². The first-order chi connectivity index (χ1) is 18.0. The minimum absolute atomic E-state index is 0.00722. The lowest BCUT2D eigenvalue weighted by Gasteiger charge is -2.44. The number of likely N-dealkylation sites (tertiary alicyclic amines) is 1. The number of thioether (sulfide) groups is 1. The second-order valence-corrected chi connectivity index (χ2v) is 11.4. The Morgan fingerprint density at radius 2 is 1.89 bits per heavy atom. The molecule has 12 heteroatoms. The summed E-state index contributed by atoms with van der Waals surface area (Å²) in [6.45, 7) is 4.39. The lowest BCUT2D eigenvalue weighted by Crippen LogP contribution is -2.65. The second kappa shape index (κ2) is 13.9. The van der Waals surface area contributed by atoms with E-state index in [4.69, 9.17) is 15.2 Å². The van der Waals surface area contributed by atoms with Gasteiger partial charge < -0.3 is 41.0 Å². The number of amides is 1. The number of nitrogens with one attached hydrogen (secondary N) is 1. The van der Waals surface area contributed by atoms with Crippen LogP contribution in [0, 0.1) is 5.92 Å². The van der Waals surface area contributed by atoms with E-state index in [2.05, 4.69) is 12.2 Å². The fourth-order valence-electron chi connectivity index (χ4n) is 5.08. The summed E-state index contributed by atoms with van der Waals surface area (Å²) in [7, 11) is 1.89. The molecule has 9 atom stereocenters. The van der Waals surface area contributed by atoms with Crippen molar-refractivity contribution in [3.63, 3.8) is 0 Å². The molecule has 2 saturated heterocycles. The number of nitrogens with zero attached hydrogens (tertiary/aromatic N) is 1. The fraction of sp³-hybridized carbons (Fsp3) is 0.692. The zero-order valence-electron chi connectivity index (χ0n) is 22.1. The minimum atomic E-state index is -1.56. The largest absolute Gasteiger partial charge is 0.461 e. The predicted octanol–water partition coefficient (Wildman–Crippen LogP) is -0.0476. The van der Waals surface area contributed by atoms with Crippen LogP contribution >= 0.6 is 11.8 Å². The molecule has 0 radical (unpaired) electrons. The first kappa shape index (κ1) is 30.6. The topological polar surface area (TPSA) is 175 Å². The highest BCUT2D eigenvalue weighted by Gasteiger charge is 2.48. The van der Waals surface area contributed by atoms with E-state index >= 15 is 0 Å². The molecule has 1 aromatic rings. The van der Waals surface area contributed by atoms with Crippen LogP contribution in [0.5, 0.6) is 0 Å². The van der Waals surface area contributed by atoms with Gasteiger partial charge in [0, 0.05) is 18.0 Å². The highest BCUT2D eigenvalue weighted by atomic mass is 32.2. The average molecular weight is 556 g/mol. The number of nitrogens with two attached hydrogens (primary N) is 1. The highest BCUT2D eigenvalue weighted by molar-refractivity contribution is 7.99. The van der Waals surface area contributed by atoms with Gasteiger partial charge in [-0.3, -0.25) is 9.69 Å². The van der Waals surface area contributed by atoms with Crippen molar-refractivity contribution in [3.05, 3.63) is 29.8 Å². The molecule has 0 spiro atoms. The maximum Gasteiger partial charge on any atom is 0.338 e. The van der Waals surface area contributed by atoms with Gasteiger partial charge in [-0.05, 0) is 57.0 Å². The van der Waals surface area contributed by atoms with Crippen LogP contribution in [0.25, 0.3) is 0 Å². The fourth-order valence-corrected chi connectivity index (χ4v) is 6.05. The molecular weight excluding hydrogens is 514 g/mol. The molecular formula is C26H41N3O8S. The standard InChI is InChI=1S/C26H41N3O8S/c1-4-5-15-12-18(29(3)13-15)24(34)28-19(14(2)30)23-21(32)20(31)22(33)26(37-23)38-11-10-36-25(35)16-6-8-17(27)9-7-16/h6-9,14-15,18-23,26,30-33H,4-5,10-13,27H2,1-3H3,(H,28,34)/t14-,15-,18+,19-,20+,21-,22-,23-,26-/m1/s1. The molecule has 2 fully saturated rings. The molecule has 2 aliphatic heterocycles. The van der Waals surface area contributed by atoms with Gasteiger partial charge in [-0.1, -0.05) is 13.3 Å². The molecule has 0 bridgehead atoms. The third-order valence-corrected chi connectivity index (χ3v) is 8.29. The second-order valence-electron chi connectivity index (χ2n) is 10.2. The Bertz CT molecular complexity index is 920. The molecule has 38 heavy (non-hydrogen) atoms. The van der Waals surface area contributed by atoms with E-state index in [1.807, 2.05) is 11.9 Å². The number of anilines is 1. The highest BCUT2D eigenvalue weighted by Crippen LogP contribution is 2.31. The number of aliphatic hydroxyl groups excluding tert-OH is 4. The molecule has 3 rings (SSSR count). The third-order valence-electron chi connectivity index (χ3n) is 7.17. The van der Waals surface area contributed by atoms with E-state index in [1.165, 1.54) is 6.92 Å². The van der Waals surface area contributed by atoms with Crippen LogP contribution in [0.1, 0.15) is 43.5 Å². The summed E-state index contributed by atoms with van der Waals surface area (Å²) in [5, 5.41) is 45.0. The van der Waals surface area contributed by atoms with Gasteiger partial charge in [0.1, 0.15) is 36.5 Å². The van der Waals surface area contributed by atoms with Crippen LogP contribution in [0.3, 0.4) is 0 Å². The predicted molar refractivity (Wildman–Crippen MR) is 143 cm³/mol. The quantitative estimate of drug-likeness (QED) is 0.123. The van der Waals surface area contributed by atoms with E-state index < -0.39 is 48.0 Å². The smallest absolute Gasteiger partial charge is 0.338 e. The van der Waals surface area contributed by atoms with Crippen LogP contribution < -0.4 is 11.1 Å². The average Bonchev–Trinajstić information content (AvgIpc) is 3.25. The molecule has 214 valence electrons. The third kappa shape index (κ3) is 7.59. The molecule has 0 saturated carbocycles. The summed E-state index contributed by atoms with van der Waals surface area (Å²) in [4.78, 5) is 27.3. The van der Waals surface area contributed by atoms with Gasteiger partial charge in [-0.2, -0.15) is 0 Å². The van der Waals surface area contributed by atoms with Crippen molar-refractivity contribution in [2.75, 3.05) is 31.7 Å². The van der Waals surface area contributed by atoms with Crippen LogP contribution in [-0.4, -0.2) is 111 Å². The zero-order valence-corrected chi connectivity index (χ0v) is 22.9. The number of benzene rings is 1. The van der Waals surface area contributed by atoms with Crippen molar-refractivity contribution in [3.8, 4) is 0 Å². The molecule has 0 unspecified atom stereocenters. The van der Waals surface area contributed by atoms with Gasteiger partial charge in [-0.15, -0.1) is 11.8 Å². The van der Waals surface area contributed by atoms with Crippen LogP contribution in [0.4, 0.5) is 5.69 Å². The number of aliphatic hydroxyl groups is 4. The number of hydrogen-bond donors (Lipinski definition) is 6. The van der Waals surface area contributed by atoms with E-state index in [0.29, 0.717) is 23.6 Å². The number of carbonyl (C=O) groups excluding carboxylic acids is 2. The summed E-state index contributed by atoms with van der Waals surface area (Å²) >= 11 is 1.09. The maximum atomic E-state index is 13.1. The first-order valence-corrected chi connectivity index (χ1v) is 14.1. The van der Waals surface area contributed by atoms with Crippen molar-refractivity contribution >= 4 is 29.3 Å². The van der Waals surface area contributed by atoms with Gasteiger partial charge in [-0.25, -0.2) is 4.79 Å². The molecule has 0 aliphatic carbocycles. The van der Waals surface area contributed by atoms with E-state index in [1.54, 1.807) is 24.3 Å². The van der Waals surface area contributed by atoms with Crippen LogP contribution in [0.15, 0.2) is 24.3 Å². The van der Waals surface area contributed by atoms with Gasteiger partial charge >= 0.3 is 5.97 Å². The number of rotatable bonds is 11. The van der Waals surface area contributed by atoms with Gasteiger partial charge in [0.15, 0.2) is 0 Å². The zero-order chi connectivity index (χ0) is 28.0.